The van der Waals surface area contributed by atoms with Gasteiger partial charge in [0.25, 0.3) is 5.91 Å². The number of rotatable bonds is 11. The summed E-state index contributed by atoms with van der Waals surface area (Å²) in [6.45, 7) is 1.01. The summed E-state index contributed by atoms with van der Waals surface area (Å²) in [6, 6.07) is 20.5. The Bertz CT molecular complexity index is 1360. The zero-order valence-corrected chi connectivity index (χ0v) is 22.8. The Morgan fingerprint density at radius 1 is 1.05 bits per heavy atom. The van der Waals surface area contributed by atoms with E-state index in [1.54, 1.807) is 12.1 Å². The Morgan fingerprint density at radius 3 is 2.41 bits per heavy atom. The first-order valence-corrected chi connectivity index (χ1v) is 13.5. The molecule has 0 aliphatic heterocycles. The van der Waals surface area contributed by atoms with Crippen molar-refractivity contribution in [2.24, 2.45) is 5.10 Å². The number of amides is 2. The fraction of sp³-hybridized carbons (Fsp3) is 0.192. The Hall–Kier alpha value is -3.54. The normalized spacial score (nSPS) is 11.5. The molecule has 0 unspecified atom stereocenters. The van der Waals surface area contributed by atoms with Gasteiger partial charge in [-0.05, 0) is 54.4 Å². The summed E-state index contributed by atoms with van der Waals surface area (Å²) in [4.78, 5) is 24.0. The van der Waals surface area contributed by atoms with E-state index in [0.29, 0.717) is 23.4 Å². The zero-order valence-electron chi connectivity index (χ0n) is 20.3. The van der Waals surface area contributed by atoms with Crippen LogP contribution in [0.1, 0.15) is 18.1 Å². The van der Waals surface area contributed by atoms with Crippen molar-refractivity contribution < 1.29 is 22.7 Å². The summed E-state index contributed by atoms with van der Waals surface area (Å²) >= 11 is 3.38. The van der Waals surface area contributed by atoms with Crippen molar-refractivity contribution in [1.82, 2.24) is 9.73 Å². The maximum absolute atomic E-state index is 13.4. The number of sulfonamides is 1. The molecular formula is C26H27BrN4O5S. The van der Waals surface area contributed by atoms with Gasteiger partial charge in [-0.2, -0.15) is 9.41 Å². The number of nitrogens with zero attached hydrogens (tertiary/aromatic N) is 2. The molecule has 0 bridgehead atoms. The summed E-state index contributed by atoms with van der Waals surface area (Å²) in [5.74, 6) is -0.300. The molecule has 0 fully saturated rings. The van der Waals surface area contributed by atoms with Gasteiger partial charge in [0.2, 0.25) is 15.9 Å². The molecule has 0 heterocycles. The molecule has 3 rings (SSSR count). The number of carbonyl (C=O) groups excluding carboxylic acids is 2. The van der Waals surface area contributed by atoms with Crippen LogP contribution in [0.4, 0.5) is 5.69 Å². The van der Waals surface area contributed by atoms with Crippen molar-refractivity contribution in [1.29, 1.82) is 0 Å². The molecule has 11 heteroatoms. The maximum atomic E-state index is 13.4. The predicted molar refractivity (Wildman–Crippen MR) is 146 cm³/mol. The first-order valence-electron chi connectivity index (χ1n) is 11.3. The van der Waals surface area contributed by atoms with E-state index in [-0.39, 0.29) is 17.3 Å². The number of anilines is 1. The second-order valence-electron chi connectivity index (χ2n) is 7.96. The van der Waals surface area contributed by atoms with Gasteiger partial charge in [-0.15, -0.1) is 0 Å². The van der Waals surface area contributed by atoms with Crippen molar-refractivity contribution >= 4 is 49.7 Å². The fourth-order valence-electron chi connectivity index (χ4n) is 3.42. The van der Waals surface area contributed by atoms with E-state index in [2.05, 4.69) is 31.8 Å². The number of halogens is 1. The van der Waals surface area contributed by atoms with Crippen LogP contribution in [0.25, 0.3) is 0 Å². The number of hydrazone groups is 1. The third kappa shape index (κ3) is 8.24. The smallest absolute Gasteiger partial charge is 0.255 e. The molecule has 0 atom stereocenters. The van der Waals surface area contributed by atoms with Gasteiger partial charge >= 0.3 is 0 Å². The molecule has 3 aromatic rings. The van der Waals surface area contributed by atoms with Gasteiger partial charge < -0.3 is 10.1 Å². The summed E-state index contributed by atoms with van der Waals surface area (Å²) in [6.07, 6.45) is 1.83. The highest BCUT2D eigenvalue weighted by molar-refractivity contribution is 9.10. The highest BCUT2D eigenvalue weighted by atomic mass is 79.9. The summed E-state index contributed by atoms with van der Waals surface area (Å²) < 4.78 is 34.1. The summed E-state index contributed by atoms with van der Waals surface area (Å²) in [5, 5.41) is 6.57. The van der Waals surface area contributed by atoms with Gasteiger partial charge in [0.1, 0.15) is 5.75 Å². The molecule has 0 aliphatic rings. The molecule has 0 saturated carbocycles. The van der Waals surface area contributed by atoms with Gasteiger partial charge in [-0.1, -0.05) is 46.3 Å². The average Bonchev–Trinajstić information content (AvgIpc) is 2.87. The van der Waals surface area contributed by atoms with E-state index < -0.39 is 22.5 Å². The second-order valence-corrected chi connectivity index (χ2v) is 10.8. The van der Waals surface area contributed by atoms with Crippen LogP contribution < -0.4 is 15.5 Å². The zero-order chi connectivity index (χ0) is 26.8. The lowest BCUT2D eigenvalue weighted by molar-refractivity contribution is -0.121. The monoisotopic (exact) mass is 586 g/mol. The Kier molecular flexibility index (Phi) is 9.95. The van der Waals surface area contributed by atoms with Crippen LogP contribution in [-0.2, 0) is 26.0 Å². The van der Waals surface area contributed by atoms with Crippen molar-refractivity contribution in [3.63, 3.8) is 0 Å². The van der Waals surface area contributed by atoms with E-state index in [1.165, 1.54) is 44.5 Å². The quantitative estimate of drug-likeness (QED) is 0.262. The largest absolute Gasteiger partial charge is 0.496 e. The number of hydrogen-bond donors (Lipinski definition) is 2. The highest BCUT2D eigenvalue weighted by Gasteiger charge is 2.26. The van der Waals surface area contributed by atoms with Gasteiger partial charge in [0.15, 0.2) is 0 Å². The number of benzene rings is 3. The minimum atomic E-state index is -4.02. The van der Waals surface area contributed by atoms with Crippen molar-refractivity contribution in [3.05, 3.63) is 88.4 Å². The van der Waals surface area contributed by atoms with Crippen LogP contribution in [0, 0.1) is 0 Å². The Labute approximate surface area is 224 Å². The number of nitrogens with one attached hydrogen (secondary N) is 2. The molecule has 194 valence electrons. The van der Waals surface area contributed by atoms with Crippen LogP contribution in [0.2, 0.25) is 0 Å². The van der Waals surface area contributed by atoms with Crippen LogP contribution in [-0.4, -0.2) is 51.0 Å². The molecule has 0 aromatic heterocycles. The third-order valence-corrected chi connectivity index (χ3v) is 7.56. The van der Waals surface area contributed by atoms with Crippen molar-refractivity contribution in [2.45, 2.75) is 18.2 Å². The lowest BCUT2D eigenvalue weighted by atomic mass is 10.1. The average molecular weight is 587 g/mol. The third-order valence-electron chi connectivity index (χ3n) is 5.21. The maximum Gasteiger partial charge on any atom is 0.255 e. The molecule has 3 aromatic carbocycles. The van der Waals surface area contributed by atoms with E-state index in [9.17, 15) is 18.0 Å². The minimum absolute atomic E-state index is 0.00448. The number of ether oxygens (including phenoxy) is 1. The van der Waals surface area contributed by atoms with Gasteiger partial charge in [0.05, 0.1) is 24.8 Å². The Morgan fingerprint density at radius 2 is 1.76 bits per heavy atom. The first kappa shape index (κ1) is 28.0. The SMILES string of the molecule is COc1ccc(Br)cc1/C=N/NC(=O)CN(CCc1ccccc1)S(=O)(=O)c1ccc(NC(C)=O)cc1. The van der Waals surface area contributed by atoms with Crippen LogP contribution in [0.3, 0.4) is 0 Å². The molecule has 0 aliphatic carbocycles. The van der Waals surface area contributed by atoms with Gasteiger partial charge in [-0.25, -0.2) is 13.8 Å². The van der Waals surface area contributed by atoms with Crippen molar-refractivity contribution in [3.8, 4) is 5.75 Å². The van der Waals surface area contributed by atoms with Crippen LogP contribution in [0.15, 0.2) is 87.3 Å². The first-order chi connectivity index (χ1) is 17.7. The van der Waals surface area contributed by atoms with E-state index >= 15 is 0 Å². The van der Waals surface area contributed by atoms with E-state index in [0.717, 1.165) is 14.3 Å². The molecule has 0 saturated heterocycles. The van der Waals surface area contributed by atoms with E-state index in [4.69, 9.17) is 4.74 Å². The lowest BCUT2D eigenvalue weighted by Gasteiger charge is -2.21. The summed E-state index contributed by atoms with van der Waals surface area (Å²) in [5.41, 5.74) is 4.42. The molecule has 0 spiro atoms. The van der Waals surface area contributed by atoms with E-state index in [1.807, 2.05) is 36.4 Å². The molecule has 0 radical (unpaired) electrons. The fourth-order valence-corrected chi connectivity index (χ4v) is 5.20. The number of methoxy groups -OCH3 is 1. The van der Waals surface area contributed by atoms with Gasteiger partial charge in [0, 0.05) is 29.2 Å². The number of carbonyl (C=O) groups is 2. The number of hydrogen-bond acceptors (Lipinski definition) is 6. The highest BCUT2D eigenvalue weighted by Crippen LogP contribution is 2.21. The Balaban J connectivity index is 1.77. The topological polar surface area (TPSA) is 117 Å². The van der Waals surface area contributed by atoms with Crippen molar-refractivity contribution in [2.75, 3.05) is 25.5 Å². The predicted octanol–water partition coefficient (Wildman–Crippen LogP) is 3.80. The minimum Gasteiger partial charge on any atom is -0.496 e. The summed E-state index contributed by atoms with van der Waals surface area (Å²) in [7, 11) is -2.50. The molecule has 37 heavy (non-hydrogen) atoms. The second kappa shape index (κ2) is 13.1. The molecule has 2 N–H and O–H groups in total. The van der Waals surface area contributed by atoms with Crippen LogP contribution >= 0.6 is 15.9 Å². The standard InChI is InChI=1S/C26H27BrN4O5S/c1-19(32)29-23-9-11-24(12-10-23)37(34,35)31(15-14-20-6-4-3-5-7-20)18-26(33)30-28-17-21-16-22(27)8-13-25(21)36-2/h3-13,16-17H,14-15,18H2,1-2H3,(H,29,32)(H,30,33)/b28-17+. The van der Waals surface area contributed by atoms with Crippen LogP contribution in [0.5, 0.6) is 5.75 Å². The van der Waals surface area contributed by atoms with Gasteiger partial charge in [-0.3, -0.25) is 9.59 Å². The molecule has 2 amide bonds. The molecular weight excluding hydrogens is 560 g/mol. The lowest BCUT2D eigenvalue weighted by Crippen LogP contribution is -2.40. The molecule has 9 nitrogen and oxygen atoms in total.